The molecule has 1 aromatic heterocycles. The minimum absolute atomic E-state index is 0.0257. The molecule has 3 aromatic rings. The van der Waals surface area contributed by atoms with Crippen molar-refractivity contribution in [1.29, 1.82) is 5.26 Å². The van der Waals surface area contributed by atoms with E-state index in [1.807, 2.05) is 6.07 Å². The van der Waals surface area contributed by atoms with Gasteiger partial charge in [0.2, 0.25) is 0 Å². The van der Waals surface area contributed by atoms with Gasteiger partial charge < -0.3 is 5.32 Å². The zero-order chi connectivity index (χ0) is 30.8. The van der Waals surface area contributed by atoms with Crippen LogP contribution in [0.4, 0.5) is 43.9 Å². The van der Waals surface area contributed by atoms with Crippen LogP contribution in [0.5, 0.6) is 0 Å². The molecule has 5 nitrogen and oxygen atoms in total. The number of amides is 1. The molecule has 1 heterocycles. The smallest absolute Gasteiger partial charge is 0.334 e. The highest BCUT2D eigenvalue weighted by atomic mass is 35.5. The van der Waals surface area contributed by atoms with E-state index >= 15 is 0 Å². The number of aromatic nitrogens is 2. The standard InChI is InChI=1S/C25H15ClF10N4O/c1-12-6-14(22(27,24(31,32)33)25(34,35)36)7-17(23(28,29)30)19(12)13-9-38-40(10-13)15-2-3-18(26)16(8-15)20(41)39-21(11-37)4-5-21/h2-3,6-10H,4-5H2,1H3,(H,39,41). The minimum atomic E-state index is -6.61. The Balaban J connectivity index is 1.80. The zero-order valence-electron chi connectivity index (χ0n) is 20.4. The van der Waals surface area contributed by atoms with Crippen LogP contribution in [0.25, 0.3) is 16.8 Å². The second kappa shape index (κ2) is 9.64. The highest BCUT2D eigenvalue weighted by Gasteiger charge is 2.73. The Labute approximate surface area is 229 Å². The molecule has 0 atom stereocenters. The molecule has 1 saturated carbocycles. The lowest BCUT2D eigenvalue weighted by molar-refractivity contribution is -0.348. The van der Waals surface area contributed by atoms with Crippen LogP contribution in [0, 0.1) is 18.3 Å². The van der Waals surface area contributed by atoms with Gasteiger partial charge in [0.1, 0.15) is 5.54 Å². The van der Waals surface area contributed by atoms with Crippen LogP contribution < -0.4 is 5.32 Å². The Kier molecular flexibility index (Phi) is 7.09. The molecule has 2 aromatic carbocycles. The van der Waals surface area contributed by atoms with Gasteiger partial charge in [0.25, 0.3) is 5.91 Å². The third kappa shape index (κ3) is 5.32. The minimum Gasteiger partial charge on any atom is -0.334 e. The molecule has 16 heteroatoms. The fourth-order valence-electron chi connectivity index (χ4n) is 4.18. The second-order valence-corrected chi connectivity index (χ2v) is 9.76. The van der Waals surface area contributed by atoms with Crippen molar-refractivity contribution >= 4 is 17.5 Å². The molecule has 41 heavy (non-hydrogen) atoms. The van der Waals surface area contributed by atoms with Crippen LogP contribution >= 0.6 is 11.6 Å². The molecule has 1 aliphatic carbocycles. The highest BCUT2D eigenvalue weighted by Crippen LogP contribution is 2.55. The van der Waals surface area contributed by atoms with Gasteiger partial charge in [-0.05, 0) is 55.2 Å². The molecule has 1 fully saturated rings. The zero-order valence-corrected chi connectivity index (χ0v) is 21.1. The van der Waals surface area contributed by atoms with Crippen molar-refractivity contribution in [3.63, 3.8) is 0 Å². The maximum atomic E-state index is 14.6. The Bertz CT molecular complexity index is 1550. The summed E-state index contributed by atoms with van der Waals surface area (Å²) < 4.78 is 137. The van der Waals surface area contributed by atoms with Crippen LogP contribution in [0.1, 0.15) is 39.9 Å². The Hall–Kier alpha value is -3.80. The number of carbonyl (C=O) groups is 1. The summed E-state index contributed by atoms with van der Waals surface area (Å²) in [4.78, 5) is 12.7. The quantitative estimate of drug-likeness (QED) is 0.302. The molecule has 0 radical (unpaired) electrons. The molecule has 218 valence electrons. The molecule has 1 amide bonds. The van der Waals surface area contributed by atoms with E-state index in [1.54, 1.807) is 0 Å². The number of nitrogens with one attached hydrogen (secondary N) is 1. The first kappa shape index (κ1) is 30.2. The van der Waals surface area contributed by atoms with Gasteiger partial charge in [-0.15, -0.1) is 0 Å². The Morgan fingerprint density at radius 2 is 1.63 bits per heavy atom. The Morgan fingerprint density at radius 3 is 2.15 bits per heavy atom. The average Bonchev–Trinajstić information content (AvgIpc) is 3.45. The van der Waals surface area contributed by atoms with Crippen LogP contribution in [0.3, 0.4) is 0 Å². The number of carbonyl (C=O) groups excluding carboxylic acids is 1. The third-order valence-corrected chi connectivity index (χ3v) is 6.80. The van der Waals surface area contributed by atoms with Crippen molar-refractivity contribution in [2.24, 2.45) is 0 Å². The number of benzene rings is 2. The normalized spacial score (nSPS) is 15.4. The fraction of sp³-hybridized carbons (Fsp3) is 0.320. The number of aryl methyl sites for hydroxylation is 1. The maximum absolute atomic E-state index is 14.6. The van der Waals surface area contributed by atoms with Gasteiger partial charge in [-0.3, -0.25) is 4.79 Å². The van der Waals surface area contributed by atoms with Crippen LogP contribution in [0.2, 0.25) is 5.02 Å². The summed E-state index contributed by atoms with van der Waals surface area (Å²) in [5.41, 5.74) is -13.3. The van der Waals surface area contributed by atoms with Crippen molar-refractivity contribution in [3.05, 3.63) is 70.0 Å². The number of hydrogen-bond donors (Lipinski definition) is 1. The van der Waals surface area contributed by atoms with Crippen molar-refractivity contribution in [2.75, 3.05) is 0 Å². The molecule has 4 rings (SSSR count). The first-order valence-corrected chi connectivity index (χ1v) is 11.8. The number of alkyl halides is 10. The fourth-order valence-corrected chi connectivity index (χ4v) is 4.38. The lowest BCUT2D eigenvalue weighted by Gasteiger charge is -2.31. The summed E-state index contributed by atoms with van der Waals surface area (Å²) in [6, 6.07) is 5.31. The summed E-state index contributed by atoms with van der Waals surface area (Å²) in [5, 5.41) is 15.6. The van der Waals surface area contributed by atoms with E-state index in [4.69, 9.17) is 11.6 Å². The number of nitriles is 1. The largest absolute Gasteiger partial charge is 0.435 e. The first-order chi connectivity index (χ1) is 18.7. The predicted octanol–water partition coefficient (Wildman–Crippen LogP) is 7.60. The molecule has 0 bridgehead atoms. The van der Waals surface area contributed by atoms with Crippen molar-refractivity contribution in [2.45, 2.75) is 49.5 Å². The van der Waals surface area contributed by atoms with E-state index in [2.05, 4.69) is 10.4 Å². The van der Waals surface area contributed by atoms with E-state index in [-0.39, 0.29) is 27.9 Å². The predicted molar refractivity (Wildman–Crippen MR) is 124 cm³/mol. The average molecular weight is 613 g/mol. The summed E-state index contributed by atoms with van der Waals surface area (Å²) >= 11 is 6.09. The van der Waals surface area contributed by atoms with Gasteiger partial charge in [0, 0.05) is 17.3 Å². The van der Waals surface area contributed by atoms with Gasteiger partial charge in [0.15, 0.2) is 0 Å². The Morgan fingerprint density at radius 1 is 1.02 bits per heavy atom. The highest BCUT2D eigenvalue weighted by molar-refractivity contribution is 6.34. The van der Waals surface area contributed by atoms with Gasteiger partial charge in [-0.25, -0.2) is 9.07 Å². The molecular formula is C25H15ClF10N4O. The van der Waals surface area contributed by atoms with E-state index in [9.17, 15) is 54.0 Å². The summed E-state index contributed by atoms with van der Waals surface area (Å²) in [7, 11) is 0. The van der Waals surface area contributed by atoms with E-state index in [0.29, 0.717) is 12.8 Å². The molecule has 0 spiro atoms. The van der Waals surface area contributed by atoms with E-state index in [0.717, 1.165) is 24.0 Å². The molecule has 0 saturated heterocycles. The van der Waals surface area contributed by atoms with E-state index in [1.165, 1.54) is 18.2 Å². The summed E-state index contributed by atoms with van der Waals surface area (Å²) in [6.45, 7) is 0.798. The SMILES string of the molecule is Cc1cc(C(F)(C(F)(F)F)C(F)(F)F)cc(C(F)(F)F)c1-c1cnn(-c2ccc(Cl)c(C(=O)NC3(C#N)CC3)c2)c1. The van der Waals surface area contributed by atoms with Crippen molar-refractivity contribution in [3.8, 4) is 22.9 Å². The van der Waals surface area contributed by atoms with Gasteiger partial charge in [0.05, 0.1) is 34.1 Å². The topological polar surface area (TPSA) is 70.7 Å². The summed E-state index contributed by atoms with van der Waals surface area (Å²) in [5.74, 6) is -0.710. The van der Waals surface area contributed by atoms with Gasteiger partial charge in [-0.2, -0.15) is 49.9 Å². The van der Waals surface area contributed by atoms with Crippen LogP contribution in [-0.2, 0) is 11.8 Å². The number of hydrogen-bond acceptors (Lipinski definition) is 3. The monoisotopic (exact) mass is 612 g/mol. The number of halogens is 11. The molecule has 1 N–H and O–H groups in total. The third-order valence-electron chi connectivity index (χ3n) is 6.47. The van der Waals surface area contributed by atoms with Crippen LogP contribution in [-0.4, -0.2) is 33.6 Å². The first-order valence-electron chi connectivity index (χ1n) is 11.4. The lowest BCUT2D eigenvalue weighted by atomic mass is 9.87. The maximum Gasteiger partial charge on any atom is 0.435 e. The second-order valence-electron chi connectivity index (χ2n) is 9.35. The van der Waals surface area contributed by atoms with Crippen molar-refractivity contribution in [1.82, 2.24) is 15.1 Å². The molecule has 0 unspecified atom stereocenters. The van der Waals surface area contributed by atoms with Crippen molar-refractivity contribution < 1.29 is 48.7 Å². The van der Waals surface area contributed by atoms with Crippen LogP contribution in [0.15, 0.2) is 42.7 Å². The molecule has 1 aliphatic rings. The van der Waals surface area contributed by atoms with Gasteiger partial charge >= 0.3 is 24.2 Å². The lowest BCUT2D eigenvalue weighted by Crippen LogP contribution is -2.50. The number of nitrogens with zero attached hydrogens (tertiary/aromatic N) is 3. The number of rotatable bonds is 5. The summed E-state index contributed by atoms with van der Waals surface area (Å²) in [6.07, 6.45) is -16.0. The van der Waals surface area contributed by atoms with Gasteiger partial charge in [-0.1, -0.05) is 17.7 Å². The molecule has 0 aliphatic heterocycles. The van der Waals surface area contributed by atoms with E-state index < -0.39 is 64.0 Å². The molecular weight excluding hydrogens is 598 g/mol.